The molecule has 0 aromatic carbocycles. The number of hydrogen-bond donors (Lipinski definition) is 1. The average Bonchev–Trinajstić information content (AvgIpc) is 2.85. The standard InChI is InChI=1S/C13H13N3S2/c14-12(17)10-2-1-5-15-13(10)16-6-3-11-9(8-16)4-7-18-11/h1-2,4-5,7H,3,6,8H2,(H2,14,17). The minimum Gasteiger partial charge on any atom is -0.389 e. The van der Waals surface area contributed by atoms with Crippen LogP contribution in [0.3, 0.4) is 0 Å². The van der Waals surface area contributed by atoms with Crippen molar-refractivity contribution >= 4 is 34.4 Å². The number of thiocarbonyl (C=S) groups is 1. The largest absolute Gasteiger partial charge is 0.389 e. The van der Waals surface area contributed by atoms with Crippen molar-refractivity contribution in [2.75, 3.05) is 11.4 Å². The first-order chi connectivity index (χ1) is 8.75. The maximum absolute atomic E-state index is 5.76. The summed E-state index contributed by atoms with van der Waals surface area (Å²) in [6.07, 6.45) is 2.86. The van der Waals surface area contributed by atoms with E-state index < -0.39 is 0 Å². The highest BCUT2D eigenvalue weighted by atomic mass is 32.1. The Morgan fingerprint density at radius 3 is 3.17 bits per heavy atom. The molecule has 0 amide bonds. The van der Waals surface area contributed by atoms with Crippen LogP contribution in [0.25, 0.3) is 0 Å². The van der Waals surface area contributed by atoms with Crippen LogP contribution in [0.5, 0.6) is 0 Å². The maximum atomic E-state index is 5.76. The second-order valence-electron chi connectivity index (χ2n) is 4.28. The SMILES string of the molecule is NC(=S)c1cccnc1N1CCc2sccc2C1. The molecule has 1 aliphatic heterocycles. The number of fused-ring (bicyclic) bond motifs is 1. The zero-order chi connectivity index (χ0) is 12.5. The van der Waals surface area contributed by atoms with E-state index in [1.165, 1.54) is 10.4 Å². The third-order valence-corrected chi connectivity index (χ3v) is 4.40. The molecule has 0 spiro atoms. The first kappa shape index (κ1) is 11.6. The van der Waals surface area contributed by atoms with E-state index in [2.05, 4.69) is 21.3 Å². The summed E-state index contributed by atoms with van der Waals surface area (Å²) in [4.78, 5) is 8.59. The zero-order valence-electron chi connectivity index (χ0n) is 9.80. The van der Waals surface area contributed by atoms with E-state index in [0.717, 1.165) is 30.9 Å². The van der Waals surface area contributed by atoms with E-state index in [1.807, 2.05) is 23.5 Å². The lowest BCUT2D eigenvalue weighted by atomic mass is 10.1. The topological polar surface area (TPSA) is 42.1 Å². The lowest BCUT2D eigenvalue weighted by Gasteiger charge is -2.29. The number of nitrogens with two attached hydrogens (primary N) is 1. The van der Waals surface area contributed by atoms with Crippen LogP contribution in [0.15, 0.2) is 29.8 Å². The molecule has 2 aromatic heterocycles. The Hall–Kier alpha value is -1.46. The van der Waals surface area contributed by atoms with E-state index in [1.54, 1.807) is 6.20 Å². The van der Waals surface area contributed by atoms with Crippen molar-refractivity contribution in [3.05, 3.63) is 45.8 Å². The Balaban J connectivity index is 1.95. The van der Waals surface area contributed by atoms with E-state index in [0.29, 0.717) is 4.99 Å². The Morgan fingerprint density at radius 2 is 2.33 bits per heavy atom. The molecule has 0 bridgehead atoms. The molecule has 1 aliphatic rings. The van der Waals surface area contributed by atoms with Gasteiger partial charge in [-0.05, 0) is 35.6 Å². The molecule has 3 heterocycles. The third kappa shape index (κ3) is 2.00. The van der Waals surface area contributed by atoms with Crippen LogP contribution in [-0.2, 0) is 13.0 Å². The number of rotatable bonds is 2. The summed E-state index contributed by atoms with van der Waals surface area (Å²) in [7, 11) is 0. The quantitative estimate of drug-likeness (QED) is 0.854. The monoisotopic (exact) mass is 275 g/mol. The lowest BCUT2D eigenvalue weighted by molar-refractivity contribution is 0.731. The van der Waals surface area contributed by atoms with Crippen LogP contribution < -0.4 is 10.6 Å². The molecule has 0 radical (unpaired) electrons. The Kier molecular flexibility index (Phi) is 3.01. The molecule has 0 fully saturated rings. The minimum absolute atomic E-state index is 0.411. The van der Waals surface area contributed by atoms with E-state index in [-0.39, 0.29) is 0 Å². The van der Waals surface area contributed by atoms with Crippen molar-refractivity contribution in [2.45, 2.75) is 13.0 Å². The summed E-state index contributed by atoms with van der Waals surface area (Å²) in [6.45, 7) is 1.87. The number of nitrogens with zero attached hydrogens (tertiary/aromatic N) is 2. The first-order valence-corrected chi connectivity index (χ1v) is 7.09. The lowest BCUT2D eigenvalue weighted by Crippen LogP contribution is -2.32. The zero-order valence-corrected chi connectivity index (χ0v) is 11.4. The van der Waals surface area contributed by atoms with Gasteiger partial charge in [-0.25, -0.2) is 4.98 Å². The van der Waals surface area contributed by atoms with Crippen LogP contribution >= 0.6 is 23.6 Å². The average molecular weight is 275 g/mol. The van der Waals surface area contributed by atoms with Crippen LogP contribution in [0.2, 0.25) is 0 Å². The van der Waals surface area contributed by atoms with Crippen molar-refractivity contribution in [1.82, 2.24) is 4.98 Å². The van der Waals surface area contributed by atoms with Crippen molar-refractivity contribution in [1.29, 1.82) is 0 Å². The van der Waals surface area contributed by atoms with Crippen LogP contribution in [0.1, 0.15) is 16.0 Å². The molecule has 3 rings (SSSR count). The van der Waals surface area contributed by atoms with Gasteiger partial charge in [0.05, 0.1) is 5.56 Å². The summed E-state index contributed by atoms with van der Waals surface area (Å²) >= 11 is 6.93. The number of pyridine rings is 1. The fraction of sp³-hybridized carbons (Fsp3) is 0.231. The highest BCUT2D eigenvalue weighted by Gasteiger charge is 2.20. The Bertz CT molecular complexity index is 591. The predicted molar refractivity (Wildman–Crippen MR) is 79.2 cm³/mol. The number of aromatic nitrogens is 1. The van der Waals surface area contributed by atoms with Gasteiger partial charge >= 0.3 is 0 Å². The number of anilines is 1. The fourth-order valence-corrected chi connectivity index (χ4v) is 3.32. The molecule has 2 N–H and O–H groups in total. The summed E-state index contributed by atoms with van der Waals surface area (Å²) in [6, 6.07) is 6.00. The maximum Gasteiger partial charge on any atom is 0.139 e. The minimum atomic E-state index is 0.411. The summed E-state index contributed by atoms with van der Waals surface area (Å²) in [5, 5.41) is 2.15. The fourth-order valence-electron chi connectivity index (χ4n) is 2.27. The van der Waals surface area contributed by atoms with Gasteiger partial charge in [-0.15, -0.1) is 11.3 Å². The van der Waals surface area contributed by atoms with Crippen molar-refractivity contribution in [3.8, 4) is 0 Å². The summed E-state index contributed by atoms with van der Waals surface area (Å²) < 4.78 is 0. The van der Waals surface area contributed by atoms with Gasteiger partial charge in [0.1, 0.15) is 10.8 Å². The second kappa shape index (κ2) is 4.66. The Labute approximate surface area is 115 Å². The molecule has 0 atom stereocenters. The smallest absolute Gasteiger partial charge is 0.139 e. The van der Waals surface area contributed by atoms with Gasteiger partial charge in [0.25, 0.3) is 0 Å². The molecule has 0 saturated carbocycles. The van der Waals surface area contributed by atoms with Crippen LogP contribution in [-0.4, -0.2) is 16.5 Å². The highest BCUT2D eigenvalue weighted by molar-refractivity contribution is 7.80. The van der Waals surface area contributed by atoms with E-state index >= 15 is 0 Å². The van der Waals surface area contributed by atoms with Crippen molar-refractivity contribution in [2.24, 2.45) is 5.73 Å². The molecule has 0 aliphatic carbocycles. The van der Waals surface area contributed by atoms with Gasteiger partial charge in [-0.2, -0.15) is 0 Å². The molecule has 2 aromatic rings. The predicted octanol–water partition coefficient (Wildman–Crippen LogP) is 2.34. The van der Waals surface area contributed by atoms with Crippen molar-refractivity contribution in [3.63, 3.8) is 0 Å². The van der Waals surface area contributed by atoms with Gasteiger partial charge in [-0.3, -0.25) is 0 Å². The molecule has 5 heteroatoms. The molecule has 3 nitrogen and oxygen atoms in total. The number of hydrogen-bond acceptors (Lipinski definition) is 4. The molecular weight excluding hydrogens is 262 g/mol. The van der Waals surface area contributed by atoms with Crippen LogP contribution in [0.4, 0.5) is 5.82 Å². The number of thiophene rings is 1. The van der Waals surface area contributed by atoms with E-state index in [9.17, 15) is 0 Å². The summed E-state index contributed by atoms with van der Waals surface area (Å²) in [5.41, 5.74) is 8.02. The second-order valence-corrected chi connectivity index (χ2v) is 5.72. The molecule has 0 unspecified atom stereocenters. The van der Waals surface area contributed by atoms with Crippen molar-refractivity contribution < 1.29 is 0 Å². The highest BCUT2D eigenvalue weighted by Crippen LogP contribution is 2.28. The van der Waals surface area contributed by atoms with Crippen LogP contribution in [0, 0.1) is 0 Å². The van der Waals surface area contributed by atoms with Gasteiger partial charge in [0.2, 0.25) is 0 Å². The first-order valence-electron chi connectivity index (χ1n) is 5.80. The molecule has 92 valence electrons. The van der Waals surface area contributed by atoms with Gasteiger partial charge < -0.3 is 10.6 Å². The van der Waals surface area contributed by atoms with E-state index in [4.69, 9.17) is 18.0 Å². The molecule has 0 saturated heterocycles. The van der Waals surface area contributed by atoms with Gasteiger partial charge in [0, 0.05) is 24.2 Å². The third-order valence-electron chi connectivity index (χ3n) is 3.16. The van der Waals surface area contributed by atoms with Gasteiger partial charge in [-0.1, -0.05) is 12.2 Å². The van der Waals surface area contributed by atoms with Gasteiger partial charge in [0.15, 0.2) is 0 Å². The molecular formula is C13H13N3S2. The molecule has 18 heavy (non-hydrogen) atoms. The Morgan fingerprint density at radius 1 is 1.44 bits per heavy atom. The summed E-state index contributed by atoms with van der Waals surface area (Å²) in [5.74, 6) is 0.904. The normalized spacial score (nSPS) is 14.3.